The number of nitrogens with zero attached hydrogens (tertiary/aromatic N) is 2. The first-order chi connectivity index (χ1) is 23.4. The fourth-order valence-corrected chi connectivity index (χ4v) is 6.13. The number of ether oxygens (including phenoxy) is 1. The Morgan fingerprint density at radius 1 is 1.02 bits per heavy atom. The summed E-state index contributed by atoms with van der Waals surface area (Å²) in [6, 6.07) is 12.6. The normalized spacial score (nSPS) is 18.4. The molecule has 4 amide bonds. The zero-order valence-corrected chi connectivity index (χ0v) is 28.8. The molecule has 6 atom stereocenters. The molecule has 2 aromatic carbocycles. The fourth-order valence-electron chi connectivity index (χ4n) is 6.13. The molecule has 13 nitrogen and oxygen atoms in total. The summed E-state index contributed by atoms with van der Waals surface area (Å²) in [4.78, 5) is 68.5. The highest BCUT2D eigenvalue weighted by atomic mass is 16.5. The monoisotopic (exact) mass is 681 g/mol. The number of likely N-dealkylation sites (N-methyl/N-ethyl adjacent to an activating group) is 1. The molecule has 1 heterocycles. The average Bonchev–Trinajstić information content (AvgIpc) is 3.11. The smallest absolute Gasteiger partial charge is 0.326 e. The number of methoxy groups -OCH3 is 1. The van der Waals surface area contributed by atoms with Gasteiger partial charge in [0.05, 0.1) is 18.2 Å². The largest absolute Gasteiger partial charge is 0.480 e. The lowest BCUT2D eigenvalue weighted by molar-refractivity contribution is -0.148. The van der Waals surface area contributed by atoms with Crippen LogP contribution in [0.5, 0.6) is 0 Å². The number of aliphatic hydroxyl groups is 1. The van der Waals surface area contributed by atoms with E-state index in [0.717, 1.165) is 5.56 Å². The Morgan fingerprint density at radius 3 is 2.33 bits per heavy atom. The van der Waals surface area contributed by atoms with Crippen molar-refractivity contribution >= 4 is 29.6 Å². The van der Waals surface area contributed by atoms with Crippen molar-refractivity contribution in [2.24, 2.45) is 5.73 Å². The van der Waals surface area contributed by atoms with Gasteiger partial charge in [-0.05, 0) is 76.1 Å². The Morgan fingerprint density at radius 2 is 1.69 bits per heavy atom. The van der Waals surface area contributed by atoms with Crippen LogP contribution in [0.15, 0.2) is 54.6 Å². The van der Waals surface area contributed by atoms with Crippen LogP contribution >= 0.6 is 0 Å². The zero-order valence-electron chi connectivity index (χ0n) is 28.8. The molecule has 0 bridgehead atoms. The Balaban J connectivity index is 1.72. The molecule has 0 radical (unpaired) electrons. The number of carbonyl (C=O) groups is 5. The first-order valence-corrected chi connectivity index (χ1v) is 16.9. The van der Waals surface area contributed by atoms with Crippen LogP contribution in [0, 0.1) is 0 Å². The summed E-state index contributed by atoms with van der Waals surface area (Å²) in [5.41, 5.74) is 7.48. The highest BCUT2D eigenvalue weighted by Crippen LogP contribution is 2.27. The summed E-state index contributed by atoms with van der Waals surface area (Å²) in [6.45, 7) is 3.68. The van der Waals surface area contributed by atoms with E-state index in [4.69, 9.17) is 10.5 Å². The molecule has 1 saturated heterocycles. The number of aliphatic hydroxyl groups excluding tert-OH is 1. The van der Waals surface area contributed by atoms with E-state index in [9.17, 15) is 34.2 Å². The number of hydrogen-bond acceptors (Lipinski definition) is 8. The van der Waals surface area contributed by atoms with Crippen molar-refractivity contribution in [3.8, 4) is 11.1 Å². The van der Waals surface area contributed by atoms with Gasteiger partial charge in [-0.1, -0.05) is 48.5 Å². The minimum Gasteiger partial charge on any atom is -0.480 e. The van der Waals surface area contributed by atoms with Crippen molar-refractivity contribution < 1.29 is 38.9 Å². The lowest BCUT2D eigenvalue weighted by atomic mass is 9.93. The number of likely N-dealkylation sites (tertiary alicyclic amines) is 1. The van der Waals surface area contributed by atoms with E-state index in [1.807, 2.05) is 42.5 Å². The van der Waals surface area contributed by atoms with E-state index in [2.05, 4.69) is 10.6 Å². The second-order valence-corrected chi connectivity index (χ2v) is 12.5. The third-order valence-electron chi connectivity index (χ3n) is 9.12. The van der Waals surface area contributed by atoms with Crippen LogP contribution in [0.25, 0.3) is 11.1 Å². The molecule has 13 heteroatoms. The second kappa shape index (κ2) is 19.0. The minimum atomic E-state index is -1.33. The van der Waals surface area contributed by atoms with E-state index in [-0.39, 0.29) is 25.2 Å². The van der Waals surface area contributed by atoms with Gasteiger partial charge in [0.15, 0.2) is 0 Å². The highest BCUT2D eigenvalue weighted by molar-refractivity contribution is 6.03. The Hall–Kier alpha value is -4.33. The lowest BCUT2D eigenvalue weighted by Crippen LogP contribution is -2.61. The van der Waals surface area contributed by atoms with Crippen LogP contribution in [0.4, 0.5) is 0 Å². The number of benzene rings is 2. The summed E-state index contributed by atoms with van der Waals surface area (Å²) in [5, 5.41) is 25.5. The van der Waals surface area contributed by atoms with Gasteiger partial charge in [-0.15, -0.1) is 0 Å². The topological polar surface area (TPSA) is 192 Å². The molecule has 1 fully saturated rings. The summed E-state index contributed by atoms with van der Waals surface area (Å²) < 4.78 is 5.68. The molecular weight excluding hydrogens is 630 g/mol. The van der Waals surface area contributed by atoms with Crippen molar-refractivity contribution in [2.75, 3.05) is 27.2 Å². The van der Waals surface area contributed by atoms with Crippen molar-refractivity contribution in [3.05, 3.63) is 60.2 Å². The molecule has 0 aromatic heterocycles. The number of piperidine rings is 1. The van der Waals surface area contributed by atoms with Gasteiger partial charge in [0.25, 0.3) is 5.91 Å². The number of nitrogens with one attached hydrogen (secondary N) is 2. The van der Waals surface area contributed by atoms with Gasteiger partial charge in [-0.2, -0.15) is 0 Å². The summed E-state index contributed by atoms with van der Waals surface area (Å²) in [7, 11) is 3.03. The number of hydrogen-bond donors (Lipinski definition) is 5. The number of carboxylic acid groups (broad SMARTS) is 1. The van der Waals surface area contributed by atoms with Gasteiger partial charge in [0.1, 0.15) is 18.1 Å². The molecule has 6 N–H and O–H groups in total. The van der Waals surface area contributed by atoms with Crippen molar-refractivity contribution in [3.63, 3.8) is 0 Å². The van der Waals surface area contributed by atoms with E-state index >= 15 is 0 Å². The molecule has 268 valence electrons. The SMILES string of the molecule is CO[C@@H]1CCCN(C(=O)[C@@H](NC(=O)[C@@H](C)N(C)C(=O)c2ccccc2-c2ccccc2)[C@H](C)O)[C@@H]1CCC(=O)N[C@@H](CCCCN)C(=O)O. The second-order valence-electron chi connectivity index (χ2n) is 12.5. The van der Waals surface area contributed by atoms with Crippen LogP contribution < -0.4 is 16.4 Å². The molecule has 1 aliphatic heterocycles. The third-order valence-corrected chi connectivity index (χ3v) is 9.12. The van der Waals surface area contributed by atoms with Crippen LogP contribution in [-0.4, -0.2) is 113 Å². The molecule has 0 aliphatic carbocycles. The maximum atomic E-state index is 14.0. The first kappa shape index (κ1) is 39.1. The van der Waals surface area contributed by atoms with E-state index < -0.39 is 60.1 Å². The average molecular weight is 682 g/mol. The van der Waals surface area contributed by atoms with Crippen molar-refractivity contribution in [1.29, 1.82) is 0 Å². The first-order valence-electron chi connectivity index (χ1n) is 16.9. The summed E-state index contributed by atoms with van der Waals surface area (Å²) in [6.07, 6.45) is 1.11. The van der Waals surface area contributed by atoms with E-state index in [0.29, 0.717) is 49.9 Å². The van der Waals surface area contributed by atoms with E-state index in [1.165, 1.54) is 30.9 Å². The Kier molecular flexibility index (Phi) is 15.2. The Labute approximate surface area is 288 Å². The quantitative estimate of drug-likeness (QED) is 0.156. The van der Waals surface area contributed by atoms with Gasteiger partial charge in [-0.3, -0.25) is 19.2 Å². The lowest BCUT2D eigenvalue weighted by Gasteiger charge is -2.42. The number of carbonyl (C=O) groups excluding carboxylic acids is 4. The maximum Gasteiger partial charge on any atom is 0.326 e. The number of nitrogens with two attached hydrogens (primary N) is 1. The standard InChI is InChI=1S/C36H51N5O8/c1-23(40(3)34(45)27-16-9-8-15-26(27)25-13-6-5-7-14-25)33(44)39-32(24(2)42)35(46)41-22-12-18-30(49-4)29(41)19-20-31(43)38-28(36(47)48)17-10-11-21-37/h5-9,13-16,23-24,28-30,32,42H,10-12,17-22,37H2,1-4H3,(H,38,43)(H,39,44)(H,47,48)/t23-,24+,28+,29-,30-,32+/m1/s1. The van der Waals surface area contributed by atoms with Gasteiger partial charge in [0, 0.05) is 32.7 Å². The van der Waals surface area contributed by atoms with Gasteiger partial charge in [0.2, 0.25) is 17.7 Å². The number of unbranched alkanes of at least 4 members (excludes halogenated alkanes) is 1. The van der Waals surface area contributed by atoms with Crippen LogP contribution in [0.2, 0.25) is 0 Å². The van der Waals surface area contributed by atoms with Crippen molar-refractivity contribution in [2.45, 2.75) is 95.2 Å². The molecule has 0 spiro atoms. The molecule has 3 rings (SSSR count). The van der Waals surface area contributed by atoms with Crippen molar-refractivity contribution in [1.82, 2.24) is 20.4 Å². The number of aliphatic carboxylic acids is 1. The molecule has 49 heavy (non-hydrogen) atoms. The molecule has 0 unspecified atom stereocenters. The van der Waals surface area contributed by atoms with Gasteiger partial charge in [-0.25, -0.2) is 4.79 Å². The molecule has 2 aromatic rings. The van der Waals surface area contributed by atoms with Crippen LogP contribution in [0.3, 0.4) is 0 Å². The van der Waals surface area contributed by atoms with E-state index in [1.54, 1.807) is 19.1 Å². The third kappa shape index (κ3) is 10.6. The highest BCUT2D eigenvalue weighted by Gasteiger charge is 2.40. The van der Waals surface area contributed by atoms with Crippen LogP contribution in [-0.2, 0) is 23.9 Å². The van der Waals surface area contributed by atoms with Crippen LogP contribution in [0.1, 0.15) is 69.2 Å². The predicted octanol–water partition coefficient (Wildman–Crippen LogP) is 2.16. The number of rotatable bonds is 17. The Bertz CT molecular complexity index is 1420. The molecule has 1 aliphatic rings. The predicted molar refractivity (Wildman–Crippen MR) is 184 cm³/mol. The number of amides is 4. The molecular formula is C36H51N5O8. The summed E-state index contributed by atoms with van der Waals surface area (Å²) >= 11 is 0. The molecule has 0 saturated carbocycles. The van der Waals surface area contributed by atoms with Gasteiger partial charge < -0.3 is 41.1 Å². The maximum absolute atomic E-state index is 14.0. The minimum absolute atomic E-state index is 0.0604. The van der Waals surface area contributed by atoms with Gasteiger partial charge >= 0.3 is 5.97 Å². The summed E-state index contributed by atoms with van der Waals surface area (Å²) in [5.74, 6) is -3.16. The number of carboxylic acids is 1. The zero-order chi connectivity index (χ0) is 36.1. The fraction of sp³-hybridized carbons (Fsp3) is 0.528.